The number of ether oxygens (including phenoxy) is 1. The van der Waals surface area contributed by atoms with Gasteiger partial charge in [0.05, 0.1) is 7.11 Å². The molecule has 0 heterocycles. The van der Waals surface area contributed by atoms with Crippen molar-refractivity contribution < 1.29 is 9.13 Å². The predicted molar refractivity (Wildman–Crippen MR) is 84.4 cm³/mol. The maximum Gasteiger partial charge on any atom is 0.124 e. The maximum absolute atomic E-state index is 13.1. The summed E-state index contributed by atoms with van der Waals surface area (Å²) >= 11 is 6.10. The van der Waals surface area contributed by atoms with Crippen LogP contribution in [0.25, 0.3) is 0 Å². The zero-order chi connectivity index (χ0) is 15.4. The smallest absolute Gasteiger partial charge is 0.124 e. The summed E-state index contributed by atoms with van der Waals surface area (Å²) in [7, 11) is 1.65. The van der Waals surface area contributed by atoms with Gasteiger partial charge in [-0.2, -0.15) is 0 Å². The highest BCUT2D eigenvalue weighted by Gasteiger charge is 2.14. The standard InChI is InChI=1S/C17H19ClFNO/c1-11(13-5-4-6-15(9-13)21-3)20-12(2)16-8-7-14(19)10-17(16)18/h4-12,20H,1-3H3/t11-,12?/m0/s1. The number of halogens is 2. The molecular formula is C17H19ClFNO. The van der Waals surface area contributed by atoms with E-state index in [1.54, 1.807) is 13.2 Å². The van der Waals surface area contributed by atoms with Crippen LogP contribution in [0.2, 0.25) is 5.02 Å². The summed E-state index contributed by atoms with van der Waals surface area (Å²) in [5.74, 6) is 0.505. The first kappa shape index (κ1) is 15.8. The molecule has 0 aliphatic rings. The van der Waals surface area contributed by atoms with Gasteiger partial charge in [0.25, 0.3) is 0 Å². The molecule has 0 radical (unpaired) electrons. The van der Waals surface area contributed by atoms with Gasteiger partial charge < -0.3 is 10.1 Å². The third-order valence-corrected chi connectivity index (χ3v) is 3.85. The summed E-state index contributed by atoms with van der Waals surface area (Å²) in [5.41, 5.74) is 2.01. The molecule has 0 fully saturated rings. The molecule has 2 aromatic rings. The number of methoxy groups -OCH3 is 1. The average Bonchev–Trinajstić information content (AvgIpc) is 2.47. The van der Waals surface area contributed by atoms with Gasteiger partial charge in [0.1, 0.15) is 11.6 Å². The Morgan fingerprint density at radius 1 is 1.10 bits per heavy atom. The quantitative estimate of drug-likeness (QED) is 0.848. The van der Waals surface area contributed by atoms with E-state index in [4.69, 9.17) is 16.3 Å². The highest BCUT2D eigenvalue weighted by atomic mass is 35.5. The van der Waals surface area contributed by atoms with Crippen LogP contribution in [0, 0.1) is 5.82 Å². The molecule has 4 heteroatoms. The lowest BCUT2D eigenvalue weighted by atomic mass is 10.0. The molecular weight excluding hydrogens is 289 g/mol. The Balaban J connectivity index is 2.12. The zero-order valence-electron chi connectivity index (χ0n) is 12.4. The van der Waals surface area contributed by atoms with E-state index in [9.17, 15) is 4.39 Å². The van der Waals surface area contributed by atoms with E-state index in [-0.39, 0.29) is 17.9 Å². The molecule has 2 nitrogen and oxygen atoms in total. The second-order valence-electron chi connectivity index (χ2n) is 5.05. The lowest BCUT2D eigenvalue weighted by Crippen LogP contribution is -2.22. The number of benzene rings is 2. The molecule has 2 atom stereocenters. The first-order valence-electron chi connectivity index (χ1n) is 6.86. The van der Waals surface area contributed by atoms with E-state index >= 15 is 0 Å². The minimum atomic E-state index is -0.322. The molecule has 0 saturated carbocycles. The van der Waals surface area contributed by atoms with Crippen molar-refractivity contribution in [2.24, 2.45) is 0 Å². The molecule has 2 aromatic carbocycles. The molecule has 1 N–H and O–H groups in total. The fraction of sp³-hybridized carbons (Fsp3) is 0.294. The molecule has 0 bridgehead atoms. The van der Waals surface area contributed by atoms with Gasteiger partial charge >= 0.3 is 0 Å². The summed E-state index contributed by atoms with van der Waals surface area (Å²) in [6, 6.07) is 12.5. The minimum absolute atomic E-state index is 0.0132. The van der Waals surface area contributed by atoms with Crippen molar-refractivity contribution in [3.8, 4) is 5.75 Å². The van der Waals surface area contributed by atoms with Crippen molar-refractivity contribution in [1.29, 1.82) is 0 Å². The van der Waals surface area contributed by atoms with Crippen LogP contribution in [0.4, 0.5) is 4.39 Å². The van der Waals surface area contributed by atoms with E-state index in [1.807, 2.05) is 31.2 Å². The van der Waals surface area contributed by atoms with Crippen LogP contribution in [0.1, 0.15) is 37.1 Å². The Morgan fingerprint density at radius 3 is 2.52 bits per heavy atom. The average molecular weight is 308 g/mol. The molecule has 0 saturated heterocycles. The third kappa shape index (κ3) is 3.96. The molecule has 112 valence electrons. The molecule has 1 unspecified atom stereocenters. The van der Waals surface area contributed by atoms with Crippen molar-refractivity contribution in [1.82, 2.24) is 5.32 Å². The van der Waals surface area contributed by atoms with Gasteiger partial charge in [-0.25, -0.2) is 4.39 Å². The van der Waals surface area contributed by atoms with Crippen molar-refractivity contribution in [2.45, 2.75) is 25.9 Å². The van der Waals surface area contributed by atoms with Crippen LogP contribution in [0.5, 0.6) is 5.75 Å². The molecule has 0 aliphatic heterocycles. The van der Waals surface area contributed by atoms with Gasteiger partial charge in [-0.15, -0.1) is 0 Å². The zero-order valence-corrected chi connectivity index (χ0v) is 13.1. The first-order chi connectivity index (χ1) is 10.0. The van der Waals surface area contributed by atoms with Gasteiger partial charge in [0.2, 0.25) is 0 Å². The number of hydrogen-bond acceptors (Lipinski definition) is 2. The molecule has 0 spiro atoms. The summed E-state index contributed by atoms with van der Waals surface area (Å²) < 4.78 is 18.3. The molecule has 0 aromatic heterocycles. The summed E-state index contributed by atoms with van der Waals surface area (Å²) in [4.78, 5) is 0. The van der Waals surface area contributed by atoms with Crippen LogP contribution >= 0.6 is 11.6 Å². The fourth-order valence-corrected chi connectivity index (χ4v) is 2.66. The number of hydrogen-bond donors (Lipinski definition) is 1. The normalized spacial score (nSPS) is 13.8. The second kappa shape index (κ2) is 6.92. The third-order valence-electron chi connectivity index (χ3n) is 3.52. The van der Waals surface area contributed by atoms with Gasteiger partial charge in [-0.3, -0.25) is 0 Å². The van der Waals surface area contributed by atoms with Gasteiger partial charge in [0.15, 0.2) is 0 Å². The lowest BCUT2D eigenvalue weighted by molar-refractivity contribution is 0.412. The van der Waals surface area contributed by atoms with Crippen LogP contribution in [-0.2, 0) is 0 Å². The number of rotatable bonds is 5. The predicted octanol–water partition coefficient (Wildman–Crippen LogP) is 4.90. The topological polar surface area (TPSA) is 21.3 Å². The minimum Gasteiger partial charge on any atom is -0.497 e. The van der Waals surface area contributed by atoms with Crippen molar-refractivity contribution >= 4 is 11.6 Å². The fourth-order valence-electron chi connectivity index (χ4n) is 2.32. The van der Waals surface area contributed by atoms with Crippen molar-refractivity contribution in [3.63, 3.8) is 0 Å². The molecule has 21 heavy (non-hydrogen) atoms. The Labute approximate surface area is 129 Å². The Kier molecular flexibility index (Phi) is 5.21. The molecule has 2 rings (SSSR count). The largest absolute Gasteiger partial charge is 0.497 e. The van der Waals surface area contributed by atoms with E-state index in [0.29, 0.717) is 5.02 Å². The van der Waals surface area contributed by atoms with Crippen molar-refractivity contribution in [2.75, 3.05) is 7.11 Å². The Hall–Kier alpha value is -1.58. The van der Waals surface area contributed by atoms with E-state index < -0.39 is 0 Å². The van der Waals surface area contributed by atoms with Gasteiger partial charge in [0, 0.05) is 17.1 Å². The Bertz CT molecular complexity index is 617. The summed E-state index contributed by atoms with van der Waals surface area (Å²) in [5, 5.41) is 3.90. The SMILES string of the molecule is COc1cccc([C@H](C)NC(C)c2ccc(F)cc2Cl)c1. The van der Waals surface area contributed by atoms with Crippen LogP contribution in [0.15, 0.2) is 42.5 Å². The number of nitrogens with one attached hydrogen (secondary N) is 1. The van der Waals surface area contributed by atoms with Crippen LogP contribution < -0.4 is 10.1 Å². The highest BCUT2D eigenvalue weighted by molar-refractivity contribution is 6.31. The summed E-state index contributed by atoms with van der Waals surface area (Å²) in [6.45, 7) is 4.08. The van der Waals surface area contributed by atoms with Crippen LogP contribution in [0.3, 0.4) is 0 Å². The molecule has 0 amide bonds. The lowest BCUT2D eigenvalue weighted by Gasteiger charge is -2.22. The monoisotopic (exact) mass is 307 g/mol. The maximum atomic E-state index is 13.1. The van der Waals surface area contributed by atoms with E-state index in [2.05, 4.69) is 12.2 Å². The van der Waals surface area contributed by atoms with Gasteiger partial charge in [-0.05, 0) is 49.2 Å². The Morgan fingerprint density at radius 2 is 1.86 bits per heavy atom. The van der Waals surface area contributed by atoms with Gasteiger partial charge in [-0.1, -0.05) is 29.8 Å². The molecule has 0 aliphatic carbocycles. The van der Waals surface area contributed by atoms with Crippen LogP contribution in [-0.4, -0.2) is 7.11 Å². The van der Waals surface area contributed by atoms with Crippen molar-refractivity contribution in [3.05, 3.63) is 64.4 Å². The highest BCUT2D eigenvalue weighted by Crippen LogP contribution is 2.27. The first-order valence-corrected chi connectivity index (χ1v) is 7.24. The van der Waals surface area contributed by atoms with E-state index in [0.717, 1.165) is 16.9 Å². The summed E-state index contributed by atoms with van der Waals surface area (Å²) in [6.07, 6.45) is 0. The second-order valence-corrected chi connectivity index (χ2v) is 5.46. The van der Waals surface area contributed by atoms with E-state index in [1.165, 1.54) is 12.1 Å².